The first-order valence-corrected chi connectivity index (χ1v) is 9.35. The Balaban J connectivity index is 1.35. The molecule has 1 saturated heterocycles. The fourth-order valence-electron chi connectivity index (χ4n) is 3.43. The summed E-state index contributed by atoms with van der Waals surface area (Å²) in [5.41, 5.74) is 0.0566. The predicted molar refractivity (Wildman–Crippen MR) is 102 cm³/mol. The van der Waals surface area contributed by atoms with Crippen LogP contribution in [0.1, 0.15) is 12.7 Å². The van der Waals surface area contributed by atoms with Crippen molar-refractivity contribution < 1.29 is 13.2 Å². The van der Waals surface area contributed by atoms with Gasteiger partial charge in [-0.15, -0.1) is 15.3 Å². The first-order chi connectivity index (χ1) is 13.9. The molecule has 0 radical (unpaired) electrons. The number of piperazine rings is 1. The lowest BCUT2D eigenvalue weighted by Gasteiger charge is -2.36. The van der Waals surface area contributed by atoms with Gasteiger partial charge >= 0.3 is 6.18 Å². The Labute approximate surface area is 165 Å². The van der Waals surface area contributed by atoms with E-state index in [-0.39, 0.29) is 11.7 Å². The van der Waals surface area contributed by atoms with E-state index < -0.39 is 12.0 Å². The molecule has 1 aliphatic rings. The molecule has 0 saturated carbocycles. The van der Waals surface area contributed by atoms with Gasteiger partial charge in [-0.05, 0) is 31.2 Å². The molecule has 4 rings (SSSR count). The van der Waals surface area contributed by atoms with Crippen LogP contribution in [0.4, 0.5) is 24.8 Å². The van der Waals surface area contributed by atoms with Crippen LogP contribution in [0.2, 0.25) is 0 Å². The molecule has 11 heteroatoms. The Hall–Kier alpha value is -2.95. The van der Waals surface area contributed by atoms with Gasteiger partial charge in [-0.2, -0.15) is 17.7 Å². The quantitative estimate of drug-likeness (QED) is 0.696. The van der Waals surface area contributed by atoms with E-state index >= 15 is 0 Å². The van der Waals surface area contributed by atoms with Gasteiger partial charge in [0.25, 0.3) is 5.82 Å². The molecule has 0 aromatic carbocycles. The van der Waals surface area contributed by atoms with Crippen LogP contribution in [-0.4, -0.2) is 68.5 Å². The zero-order valence-electron chi connectivity index (χ0n) is 15.8. The van der Waals surface area contributed by atoms with Crippen LogP contribution in [0.25, 0.3) is 5.65 Å². The highest BCUT2D eigenvalue weighted by atomic mass is 19.4. The van der Waals surface area contributed by atoms with Crippen molar-refractivity contribution in [3.8, 4) is 0 Å². The van der Waals surface area contributed by atoms with Crippen LogP contribution >= 0.6 is 0 Å². The van der Waals surface area contributed by atoms with Crippen molar-refractivity contribution in [2.75, 3.05) is 42.9 Å². The number of hydrogen-bond acceptors (Lipinski definition) is 7. The van der Waals surface area contributed by atoms with Gasteiger partial charge in [-0.1, -0.05) is 6.07 Å². The molecule has 0 spiro atoms. The lowest BCUT2D eigenvalue weighted by atomic mass is 10.2. The molecular formula is C18H21F3N8. The molecule has 154 valence electrons. The number of anilines is 2. The first-order valence-electron chi connectivity index (χ1n) is 9.35. The zero-order valence-corrected chi connectivity index (χ0v) is 15.8. The van der Waals surface area contributed by atoms with Gasteiger partial charge in [0.2, 0.25) is 0 Å². The molecule has 1 atom stereocenters. The monoisotopic (exact) mass is 406 g/mol. The molecular weight excluding hydrogens is 385 g/mol. The molecule has 1 unspecified atom stereocenters. The second kappa shape index (κ2) is 7.82. The van der Waals surface area contributed by atoms with E-state index in [1.807, 2.05) is 25.1 Å². The van der Waals surface area contributed by atoms with Gasteiger partial charge in [0.05, 0.1) is 0 Å². The maximum atomic E-state index is 13.0. The van der Waals surface area contributed by atoms with Crippen molar-refractivity contribution in [2.45, 2.75) is 19.1 Å². The minimum atomic E-state index is -4.61. The van der Waals surface area contributed by atoms with Crippen molar-refractivity contribution in [2.24, 2.45) is 0 Å². The van der Waals surface area contributed by atoms with Gasteiger partial charge in [0.1, 0.15) is 11.6 Å². The summed E-state index contributed by atoms with van der Waals surface area (Å²) in [5, 5.41) is 13.9. The SMILES string of the molecule is CC(CN1CCN(c2ccccn2)CC1)Nc1ccc2nnc(C(F)(F)F)n2n1. The summed E-state index contributed by atoms with van der Waals surface area (Å²) in [6.45, 7) is 6.27. The Morgan fingerprint density at radius 3 is 2.55 bits per heavy atom. The standard InChI is InChI=1S/C18H21F3N8/c1-13(12-27-8-10-28(11-9-27)15-4-2-3-7-22-15)23-14-5-6-16-24-25-17(18(19,20)21)29(16)26-14/h2-7,13H,8-12H2,1H3,(H,23,26). The van der Waals surface area contributed by atoms with E-state index in [2.05, 4.69) is 35.4 Å². The molecule has 3 aromatic rings. The van der Waals surface area contributed by atoms with Gasteiger partial charge in [0.15, 0.2) is 5.65 Å². The summed E-state index contributed by atoms with van der Waals surface area (Å²) >= 11 is 0. The van der Waals surface area contributed by atoms with Gasteiger partial charge in [-0.25, -0.2) is 4.98 Å². The second-order valence-electron chi connectivity index (χ2n) is 7.03. The minimum absolute atomic E-state index is 0.00664. The Bertz CT molecular complexity index is 951. The van der Waals surface area contributed by atoms with Gasteiger partial charge in [0, 0.05) is 45.0 Å². The number of halogens is 3. The van der Waals surface area contributed by atoms with E-state index in [1.165, 1.54) is 6.07 Å². The largest absolute Gasteiger partial charge is 0.453 e. The van der Waals surface area contributed by atoms with Crippen LogP contribution < -0.4 is 10.2 Å². The molecule has 0 aliphatic carbocycles. The van der Waals surface area contributed by atoms with Gasteiger partial charge in [-0.3, -0.25) is 4.90 Å². The summed E-state index contributed by atoms with van der Waals surface area (Å²) in [5.74, 6) is 0.196. The highest BCUT2D eigenvalue weighted by Crippen LogP contribution is 2.27. The summed E-state index contributed by atoms with van der Waals surface area (Å²) < 4.78 is 39.8. The number of alkyl halides is 3. The Morgan fingerprint density at radius 2 is 1.86 bits per heavy atom. The van der Waals surface area contributed by atoms with Crippen LogP contribution in [0.15, 0.2) is 36.5 Å². The van der Waals surface area contributed by atoms with E-state index in [0.717, 1.165) is 43.1 Å². The fraction of sp³-hybridized carbons (Fsp3) is 0.444. The predicted octanol–water partition coefficient (Wildman–Crippen LogP) is 2.16. The first kappa shape index (κ1) is 19.4. The van der Waals surface area contributed by atoms with E-state index in [1.54, 1.807) is 12.3 Å². The maximum Gasteiger partial charge on any atom is 0.453 e. The number of fused-ring (bicyclic) bond motifs is 1. The third-order valence-electron chi connectivity index (χ3n) is 4.79. The number of rotatable bonds is 5. The number of nitrogens with one attached hydrogen (secondary N) is 1. The Morgan fingerprint density at radius 1 is 1.07 bits per heavy atom. The van der Waals surface area contributed by atoms with Crippen LogP contribution in [0, 0.1) is 0 Å². The summed E-state index contributed by atoms with van der Waals surface area (Å²) in [7, 11) is 0. The highest BCUT2D eigenvalue weighted by molar-refractivity contribution is 5.44. The second-order valence-corrected chi connectivity index (χ2v) is 7.03. The van der Waals surface area contributed by atoms with Crippen LogP contribution in [0.5, 0.6) is 0 Å². The average molecular weight is 406 g/mol. The molecule has 1 N–H and O–H groups in total. The molecule has 0 bridgehead atoms. The third-order valence-corrected chi connectivity index (χ3v) is 4.79. The molecule has 4 heterocycles. The van der Waals surface area contributed by atoms with Gasteiger partial charge < -0.3 is 10.2 Å². The molecule has 0 amide bonds. The molecule has 29 heavy (non-hydrogen) atoms. The molecule has 1 fully saturated rings. The lowest BCUT2D eigenvalue weighted by Crippen LogP contribution is -2.49. The minimum Gasteiger partial charge on any atom is -0.365 e. The van der Waals surface area contributed by atoms with E-state index in [4.69, 9.17) is 0 Å². The topological polar surface area (TPSA) is 74.5 Å². The van der Waals surface area contributed by atoms with Crippen LogP contribution in [0.3, 0.4) is 0 Å². The van der Waals surface area contributed by atoms with Crippen LogP contribution in [-0.2, 0) is 6.18 Å². The van der Waals surface area contributed by atoms with E-state index in [0.29, 0.717) is 5.82 Å². The van der Waals surface area contributed by atoms with Crippen molar-refractivity contribution in [1.82, 2.24) is 29.7 Å². The fourth-order valence-corrected chi connectivity index (χ4v) is 3.43. The zero-order chi connectivity index (χ0) is 20.4. The lowest BCUT2D eigenvalue weighted by molar-refractivity contribution is -0.146. The molecule has 8 nitrogen and oxygen atoms in total. The third kappa shape index (κ3) is 4.39. The normalized spacial score (nSPS) is 16.9. The number of aromatic nitrogens is 5. The summed E-state index contributed by atoms with van der Waals surface area (Å²) in [6.07, 6.45) is -2.82. The van der Waals surface area contributed by atoms with Crippen molar-refractivity contribution >= 4 is 17.3 Å². The number of pyridine rings is 1. The summed E-state index contributed by atoms with van der Waals surface area (Å²) in [6, 6.07) is 8.96. The average Bonchev–Trinajstić information content (AvgIpc) is 3.13. The van der Waals surface area contributed by atoms with Crippen molar-refractivity contribution in [3.05, 3.63) is 42.4 Å². The highest BCUT2D eigenvalue weighted by Gasteiger charge is 2.37. The number of hydrogen-bond donors (Lipinski definition) is 1. The smallest absolute Gasteiger partial charge is 0.365 e. The van der Waals surface area contributed by atoms with Crippen molar-refractivity contribution in [1.29, 1.82) is 0 Å². The molecule has 3 aromatic heterocycles. The van der Waals surface area contributed by atoms with E-state index in [9.17, 15) is 13.2 Å². The maximum absolute atomic E-state index is 13.0. The summed E-state index contributed by atoms with van der Waals surface area (Å²) in [4.78, 5) is 8.94. The molecule has 1 aliphatic heterocycles. The number of nitrogens with zero attached hydrogens (tertiary/aromatic N) is 7. The Kier molecular flexibility index (Phi) is 5.22. The van der Waals surface area contributed by atoms with Crippen molar-refractivity contribution in [3.63, 3.8) is 0 Å².